The van der Waals surface area contributed by atoms with E-state index in [1.165, 1.54) is 18.2 Å². The number of benzene rings is 2. The Hall–Kier alpha value is -3.24. The van der Waals surface area contributed by atoms with E-state index in [9.17, 15) is 23.4 Å². The van der Waals surface area contributed by atoms with Crippen LogP contribution in [-0.2, 0) is 14.9 Å². The van der Waals surface area contributed by atoms with Crippen molar-refractivity contribution in [3.05, 3.63) is 48.0 Å². The smallest absolute Gasteiger partial charge is 0.294 e. The molecule has 0 aliphatic rings. The standard InChI is InChI=1S/C17H15N3O6S/c1-9(10-2-4-11(21)5-3-10)16(22)20-19-15-13-8-12(27(24,25)26)6-7-14(13)18-17(15)23/h2-9,18,21,23H,1H3,(H,24,25,26). The zero-order chi connectivity index (χ0) is 19.8. The molecule has 27 heavy (non-hydrogen) atoms. The summed E-state index contributed by atoms with van der Waals surface area (Å²) in [5.74, 6) is -1.57. The molecule has 1 amide bonds. The lowest BCUT2D eigenvalue weighted by Crippen LogP contribution is -2.05. The summed E-state index contributed by atoms with van der Waals surface area (Å²) < 4.78 is 31.7. The molecule has 0 aliphatic heterocycles. The van der Waals surface area contributed by atoms with Crippen LogP contribution in [0.15, 0.2) is 57.6 Å². The van der Waals surface area contributed by atoms with Crippen LogP contribution in [-0.4, -0.2) is 34.1 Å². The van der Waals surface area contributed by atoms with Gasteiger partial charge in [0, 0.05) is 5.39 Å². The first-order valence-electron chi connectivity index (χ1n) is 7.73. The van der Waals surface area contributed by atoms with Crippen LogP contribution >= 0.6 is 0 Å². The Labute approximate surface area is 153 Å². The number of fused-ring (bicyclic) bond motifs is 1. The average molecular weight is 389 g/mol. The third kappa shape index (κ3) is 3.81. The minimum atomic E-state index is -4.44. The van der Waals surface area contributed by atoms with Crippen LogP contribution in [0.5, 0.6) is 11.6 Å². The zero-order valence-corrected chi connectivity index (χ0v) is 14.8. The number of nitrogens with zero attached hydrogens (tertiary/aromatic N) is 2. The number of amides is 1. The minimum Gasteiger partial charge on any atom is -0.508 e. The molecule has 0 aliphatic carbocycles. The van der Waals surface area contributed by atoms with Gasteiger partial charge in [0.1, 0.15) is 5.75 Å². The number of carbonyl (C=O) groups excluding carboxylic acids is 1. The maximum Gasteiger partial charge on any atom is 0.294 e. The highest BCUT2D eigenvalue weighted by atomic mass is 32.2. The van der Waals surface area contributed by atoms with Gasteiger partial charge in [-0.1, -0.05) is 12.1 Å². The second-order valence-corrected chi connectivity index (χ2v) is 7.28. The highest BCUT2D eigenvalue weighted by molar-refractivity contribution is 7.85. The van der Waals surface area contributed by atoms with Gasteiger partial charge in [0.15, 0.2) is 5.69 Å². The van der Waals surface area contributed by atoms with Gasteiger partial charge < -0.3 is 15.2 Å². The highest BCUT2D eigenvalue weighted by Crippen LogP contribution is 2.37. The summed E-state index contributed by atoms with van der Waals surface area (Å²) in [5.41, 5.74) is 0.850. The van der Waals surface area contributed by atoms with Gasteiger partial charge in [-0.3, -0.25) is 9.35 Å². The third-order valence-corrected chi connectivity index (χ3v) is 4.88. The van der Waals surface area contributed by atoms with Crippen LogP contribution in [0.3, 0.4) is 0 Å². The van der Waals surface area contributed by atoms with Crippen molar-refractivity contribution in [2.75, 3.05) is 0 Å². The fourth-order valence-corrected chi connectivity index (χ4v) is 3.00. The van der Waals surface area contributed by atoms with Crippen LogP contribution in [0.2, 0.25) is 0 Å². The first-order chi connectivity index (χ1) is 12.7. The van der Waals surface area contributed by atoms with Crippen molar-refractivity contribution in [2.45, 2.75) is 17.7 Å². The molecule has 1 atom stereocenters. The molecule has 0 fully saturated rings. The number of rotatable bonds is 4. The quantitative estimate of drug-likeness (QED) is 0.397. The van der Waals surface area contributed by atoms with Crippen molar-refractivity contribution in [1.82, 2.24) is 4.98 Å². The molecular formula is C17H15N3O6S. The van der Waals surface area contributed by atoms with Gasteiger partial charge in [0.25, 0.3) is 16.0 Å². The van der Waals surface area contributed by atoms with Crippen molar-refractivity contribution >= 4 is 32.6 Å². The van der Waals surface area contributed by atoms with Crippen molar-refractivity contribution in [3.63, 3.8) is 0 Å². The van der Waals surface area contributed by atoms with Gasteiger partial charge in [-0.15, -0.1) is 10.2 Å². The lowest BCUT2D eigenvalue weighted by Gasteiger charge is -2.06. The fourth-order valence-electron chi connectivity index (χ4n) is 2.50. The van der Waals surface area contributed by atoms with Crippen molar-refractivity contribution in [2.24, 2.45) is 10.2 Å². The highest BCUT2D eigenvalue weighted by Gasteiger charge is 2.18. The largest absolute Gasteiger partial charge is 0.508 e. The molecule has 140 valence electrons. The molecule has 0 saturated carbocycles. The summed E-state index contributed by atoms with van der Waals surface area (Å²) in [6.45, 7) is 1.61. The van der Waals surface area contributed by atoms with Gasteiger partial charge in [0.05, 0.1) is 16.3 Å². The van der Waals surface area contributed by atoms with E-state index in [0.29, 0.717) is 11.1 Å². The van der Waals surface area contributed by atoms with E-state index < -0.39 is 27.8 Å². The summed E-state index contributed by atoms with van der Waals surface area (Å²) in [5, 5.41) is 26.8. The molecule has 10 heteroatoms. The van der Waals surface area contributed by atoms with Crippen LogP contribution in [0, 0.1) is 0 Å². The lowest BCUT2D eigenvalue weighted by atomic mass is 10.0. The Morgan fingerprint density at radius 1 is 1.11 bits per heavy atom. The number of nitrogens with one attached hydrogen (secondary N) is 1. The molecular weight excluding hydrogens is 374 g/mol. The number of hydrogen-bond acceptors (Lipinski definition) is 6. The van der Waals surface area contributed by atoms with E-state index in [-0.39, 0.29) is 21.7 Å². The Kier molecular flexibility index (Phi) is 4.68. The molecule has 1 heterocycles. The molecule has 9 nitrogen and oxygen atoms in total. The van der Waals surface area contributed by atoms with Gasteiger partial charge in [-0.05, 0) is 42.8 Å². The number of phenols is 1. The topological polar surface area (TPSA) is 152 Å². The maximum absolute atomic E-state index is 12.2. The van der Waals surface area contributed by atoms with Crippen LogP contribution in [0.25, 0.3) is 10.9 Å². The van der Waals surface area contributed by atoms with E-state index in [1.807, 2.05) is 0 Å². The van der Waals surface area contributed by atoms with E-state index in [1.54, 1.807) is 19.1 Å². The van der Waals surface area contributed by atoms with E-state index in [2.05, 4.69) is 15.2 Å². The van der Waals surface area contributed by atoms with E-state index in [4.69, 9.17) is 4.55 Å². The molecule has 0 saturated heterocycles. The van der Waals surface area contributed by atoms with Gasteiger partial charge >= 0.3 is 0 Å². The molecule has 1 aromatic heterocycles. The molecule has 4 N–H and O–H groups in total. The number of phenolic OH excluding ortho intramolecular Hbond substituents is 1. The normalized spacial score (nSPS) is 13.3. The van der Waals surface area contributed by atoms with Gasteiger partial charge in [-0.2, -0.15) is 8.42 Å². The van der Waals surface area contributed by atoms with Gasteiger partial charge in [0.2, 0.25) is 5.88 Å². The molecule has 2 aromatic carbocycles. The molecule has 3 rings (SSSR count). The average Bonchev–Trinajstić information content (AvgIpc) is 2.93. The van der Waals surface area contributed by atoms with Gasteiger partial charge in [-0.25, -0.2) is 0 Å². The minimum absolute atomic E-state index is 0.0679. The SMILES string of the molecule is CC(C(=O)N=Nc1c(O)[nH]c2ccc(S(=O)(=O)O)cc12)c1ccc(O)cc1. The lowest BCUT2D eigenvalue weighted by molar-refractivity contribution is -0.119. The third-order valence-electron chi connectivity index (χ3n) is 4.03. The van der Waals surface area contributed by atoms with Crippen LogP contribution in [0.4, 0.5) is 5.69 Å². The predicted octanol–water partition coefficient (Wildman–Crippen LogP) is 3.24. The molecule has 0 spiro atoms. The Morgan fingerprint density at radius 2 is 1.78 bits per heavy atom. The molecule has 0 radical (unpaired) electrons. The monoisotopic (exact) mass is 389 g/mol. The summed E-state index contributed by atoms with van der Waals surface area (Å²) >= 11 is 0. The number of aromatic nitrogens is 1. The number of H-pyrrole nitrogens is 1. The zero-order valence-electron chi connectivity index (χ0n) is 14.0. The van der Waals surface area contributed by atoms with Crippen LogP contribution < -0.4 is 0 Å². The Balaban J connectivity index is 1.94. The van der Waals surface area contributed by atoms with Crippen molar-refractivity contribution in [3.8, 4) is 11.6 Å². The molecule has 0 bridgehead atoms. The number of hydrogen-bond donors (Lipinski definition) is 4. The van der Waals surface area contributed by atoms with E-state index in [0.717, 1.165) is 12.1 Å². The summed E-state index contributed by atoms with van der Waals surface area (Å²) in [6, 6.07) is 9.66. The molecule has 3 aromatic rings. The fraction of sp³-hybridized carbons (Fsp3) is 0.118. The first kappa shape index (κ1) is 18.5. The Bertz CT molecular complexity index is 1150. The Morgan fingerprint density at radius 3 is 2.41 bits per heavy atom. The van der Waals surface area contributed by atoms with E-state index >= 15 is 0 Å². The van der Waals surface area contributed by atoms with Crippen LogP contribution in [0.1, 0.15) is 18.4 Å². The second-order valence-electron chi connectivity index (χ2n) is 5.86. The number of aromatic amines is 1. The van der Waals surface area contributed by atoms with Crippen molar-refractivity contribution < 1.29 is 28.0 Å². The number of azo groups is 1. The summed E-state index contributed by atoms with van der Waals surface area (Å²) in [7, 11) is -4.44. The second kappa shape index (κ2) is 6.82. The number of carbonyl (C=O) groups is 1. The maximum atomic E-state index is 12.2. The first-order valence-corrected chi connectivity index (χ1v) is 9.17. The predicted molar refractivity (Wildman–Crippen MR) is 95.8 cm³/mol. The number of aromatic hydroxyl groups is 2. The summed E-state index contributed by atoms with van der Waals surface area (Å²) in [6.07, 6.45) is 0. The summed E-state index contributed by atoms with van der Waals surface area (Å²) in [4.78, 5) is 14.4. The van der Waals surface area contributed by atoms with Crippen molar-refractivity contribution in [1.29, 1.82) is 0 Å². The molecule has 1 unspecified atom stereocenters.